The molecule has 0 unspecified atom stereocenters. The molecule has 0 heterocycles. The van der Waals surface area contributed by atoms with Gasteiger partial charge in [-0.1, -0.05) is 38.5 Å². The molecular formula is C13H22O2. The first-order valence-corrected chi connectivity index (χ1v) is 5.55. The minimum Gasteiger partial charge on any atom is -0.478 e. The van der Waals surface area contributed by atoms with Crippen molar-refractivity contribution >= 4 is 5.97 Å². The van der Waals surface area contributed by atoms with Crippen LogP contribution in [0.25, 0.3) is 0 Å². The Morgan fingerprint density at radius 1 is 1.20 bits per heavy atom. The van der Waals surface area contributed by atoms with Crippen molar-refractivity contribution < 1.29 is 9.90 Å². The van der Waals surface area contributed by atoms with Gasteiger partial charge in [-0.05, 0) is 32.1 Å². The van der Waals surface area contributed by atoms with Gasteiger partial charge in [0.25, 0.3) is 0 Å². The lowest BCUT2D eigenvalue weighted by Gasteiger charge is -2.06. The molecule has 1 N–H and O–H groups in total. The van der Waals surface area contributed by atoms with E-state index in [2.05, 4.69) is 13.8 Å². The summed E-state index contributed by atoms with van der Waals surface area (Å²) in [7, 11) is 0. The lowest BCUT2D eigenvalue weighted by atomic mass is 9.99. The molecule has 1 aliphatic rings. The Labute approximate surface area is 92.7 Å². The van der Waals surface area contributed by atoms with E-state index < -0.39 is 5.97 Å². The number of hydrogen-bond donors (Lipinski definition) is 1. The van der Waals surface area contributed by atoms with E-state index in [4.69, 9.17) is 5.11 Å². The van der Waals surface area contributed by atoms with Gasteiger partial charge in [0, 0.05) is 5.57 Å². The standard InChI is InChI=1S/C11H16O2.C2H6/c1-8(10(12)13)4-5-9(2)11(3)6-7-11;1-2/h4-5H,6-7H2,1-3H3,(H,12,13);1-2H3/b8-4+,9-5+;. The Bertz CT molecular complexity index is 281. The molecule has 1 saturated carbocycles. The van der Waals surface area contributed by atoms with Gasteiger partial charge in [0.05, 0.1) is 0 Å². The molecule has 15 heavy (non-hydrogen) atoms. The van der Waals surface area contributed by atoms with E-state index >= 15 is 0 Å². The van der Waals surface area contributed by atoms with Crippen molar-refractivity contribution in [3.63, 3.8) is 0 Å². The minimum absolute atomic E-state index is 0.356. The number of allylic oxidation sites excluding steroid dienone is 3. The van der Waals surface area contributed by atoms with E-state index in [0.29, 0.717) is 11.0 Å². The van der Waals surface area contributed by atoms with Crippen LogP contribution in [-0.2, 0) is 4.79 Å². The average molecular weight is 210 g/mol. The molecule has 2 nitrogen and oxygen atoms in total. The molecule has 1 aliphatic carbocycles. The second-order valence-corrected chi connectivity index (χ2v) is 4.07. The molecule has 0 aromatic rings. The number of hydrogen-bond acceptors (Lipinski definition) is 1. The van der Waals surface area contributed by atoms with Gasteiger partial charge in [-0.2, -0.15) is 0 Å². The van der Waals surface area contributed by atoms with Gasteiger partial charge in [0.2, 0.25) is 0 Å². The highest BCUT2D eigenvalue weighted by Crippen LogP contribution is 2.51. The molecule has 0 aliphatic heterocycles. The van der Waals surface area contributed by atoms with E-state index in [1.807, 2.05) is 19.9 Å². The van der Waals surface area contributed by atoms with Crippen LogP contribution in [0.3, 0.4) is 0 Å². The van der Waals surface area contributed by atoms with Gasteiger partial charge >= 0.3 is 5.97 Å². The second kappa shape index (κ2) is 5.74. The Kier molecular flexibility index (Phi) is 5.34. The van der Waals surface area contributed by atoms with Crippen molar-refractivity contribution in [3.05, 3.63) is 23.3 Å². The first-order valence-electron chi connectivity index (χ1n) is 5.55. The van der Waals surface area contributed by atoms with E-state index in [0.717, 1.165) is 0 Å². The molecule has 0 aromatic heterocycles. The summed E-state index contributed by atoms with van der Waals surface area (Å²) < 4.78 is 0. The van der Waals surface area contributed by atoms with Crippen molar-refractivity contribution in [2.45, 2.75) is 47.5 Å². The van der Waals surface area contributed by atoms with Crippen molar-refractivity contribution in [2.24, 2.45) is 5.41 Å². The quantitative estimate of drug-likeness (QED) is 0.568. The summed E-state index contributed by atoms with van der Waals surface area (Å²) in [6.07, 6.45) is 6.07. The van der Waals surface area contributed by atoms with Gasteiger partial charge in [0.15, 0.2) is 0 Å². The lowest BCUT2D eigenvalue weighted by molar-refractivity contribution is -0.132. The zero-order valence-corrected chi connectivity index (χ0v) is 10.4. The number of carboxylic acids is 1. The fourth-order valence-corrected chi connectivity index (χ4v) is 1.10. The molecule has 0 amide bonds. The molecule has 0 bridgehead atoms. The molecular weight excluding hydrogens is 188 g/mol. The van der Waals surface area contributed by atoms with Gasteiger partial charge in [0.1, 0.15) is 0 Å². The van der Waals surface area contributed by atoms with Crippen LogP contribution in [0.4, 0.5) is 0 Å². The van der Waals surface area contributed by atoms with Gasteiger partial charge in [-0.25, -0.2) is 4.79 Å². The van der Waals surface area contributed by atoms with Crippen LogP contribution in [0.2, 0.25) is 0 Å². The number of aliphatic carboxylic acids is 1. The summed E-state index contributed by atoms with van der Waals surface area (Å²) in [6.45, 7) is 9.89. The SMILES string of the molecule is C/C(=C\C=C(/C)C1(C)CC1)C(=O)O.CC. The summed E-state index contributed by atoms with van der Waals surface area (Å²) in [5.41, 5.74) is 2.03. The highest BCUT2D eigenvalue weighted by Gasteiger charge is 2.38. The third-order valence-electron chi connectivity index (χ3n) is 2.87. The topological polar surface area (TPSA) is 37.3 Å². The summed E-state index contributed by atoms with van der Waals surface area (Å²) in [5, 5.41) is 8.62. The van der Waals surface area contributed by atoms with Gasteiger partial charge in [-0.15, -0.1) is 0 Å². The lowest BCUT2D eigenvalue weighted by Crippen LogP contribution is -1.97. The predicted molar refractivity (Wildman–Crippen MR) is 63.8 cm³/mol. The second-order valence-electron chi connectivity index (χ2n) is 4.07. The molecule has 0 atom stereocenters. The third-order valence-corrected chi connectivity index (χ3v) is 2.87. The van der Waals surface area contributed by atoms with Crippen LogP contribution >= 0.6 is 0 Å². The van der Waals surface area contributed by atoms with Crippen LogP contribution in [0.1, 0.15) is 47.5 Å². The zero-order chi connectivity index (χ0) is 12.1. The smallest absolute Gasteiger partial charge is 0.331 e. The van der Waals surface area contributed by atoms with Crippen molar-refractivity contribution in [2.75, 3.05) is 0 Å². The summed E-state index contributed by atoms with van der Waals surface area (Å²) in [6, 6.07) is 0. The first kappa shape index (κ1) is 13.9. The largest absolute Gasteiger partial charge is 0.478 e. The molecule has 0 aromatic carbocycles. The van der Waals surface area contributed by atoms with Crippen molar-refractivity contribution in [1.29, 1.82) is 0 Å². The number of rotatable bonds is 3. The van der Waals surface area contributed by atoms with Crippen LogP contribution < -0.4 is 0 Å². The maximum Gasteiger partial charge on any atom is 0.331 e. The normalized spacial score (nSPS) is 19.0. The van der Waals surface area contributed by atoms with Crippen LogP contribution in [0, 0.1) is 5.41 Å². The summed E-state index contributed by atoms with van der Waals surface area (Å²) in [5.74, 6) is -0.843. The fourth-order valence-electron chi connectivity index (χ4n) is 1.10. The Hall–Kier alpha value is -1.05. The van der Waals surface area contributed by atoms with E-state index in [9.17, 15) is 4.79 Å². The Morgan fingerprint density at radius 2 is 1.67 bits per heavy atom. The highest BCUT2D eigenvalue weighted by atomic mass is 16.4. The molecule has 2 heteroatoms. The van der Waals surface area contributed by atoms with E-state index in [1.165, 1.54) is 18.4 Å². The molecule has 1 rings (SSSR count). The van der Waals surface area contributed by atoms with Crippen molar-refractivity contribution in [1.82, 2.24) is 0 Å². The molecule has 0 saturated heterocycles. The van der Waals surface area contributed by atoms with Crippen LogP contribution in [0.5, 0.6) is 0 Å². The fraction of sp³-hybridized carbons (Fsp3) is 0.615. The highest BCUT2D eigenvalue weighted by molar-refractivity contribution is 5.86. The predicted octanol–water partition coefficient (Wildman–Crippen LogP) is 3.79. The number of carbonyl (C=O) groups is 1. The monoisotopic (exact) mass is 210 g/mol. The molecule has 1 fully saturated rings. The van der Waals surface area contributed by atoms with Crippen LogP contribution in [-0.4, -0.2) is 11.1 Å². The van der Waals surface area contributed by atoms with Crippen LogP contribution in [0.15, 0.2) is 23.3 Å². The zero-order valence-electron chi connectivity index (χ0n) is 10.4. The van der Waals surface area contributed by atoms with Gasteiger partial charge < -0.3 is 5.11 Å². The molecule has 0 spiro atoms. The molecule has 0 radical (unpaired) electrons. The number of carboxylic acid groups (broad SMARTS) is 1. The van der Waals surface area contributed by atoms with Gasteiger partial charge in [-0.3, -0.25) is 0 Å². The summed E-state index contributed by atoms with van der Waals surface area (Å²) in [4.78, 5) is 10.5. The Balaban J connectivity index is 0.000000921. The average Bonchev–Trinajstić information content (AvgIpc) is 2.96. The Morgan fingerprint density at radius 3 is 2.00 bits per heavy atom. The minimum atomic E-state index is -0.843. The summed E-state index contributed by atoms with van der Waals surface area (Å²) >= 11 is 0. The maximum absolute atomic E-state index is 10.5. The molecule has 86 valence electrons. The van der Waals surface area contributed by atoms with E-state index in [1.54, 1.807) is 13.0 Å². The van der Waals surface area contributed by atoms with E-state index in [-0.39, 0.29) is 0 Å². The van der Waals surface area contributed by atoms with Crippen molar-refractivity contribution in [3.8, 4) is 0 Å². The third kappa shape index (κ3) is 4.32. The maximum atomic E-state index is 10.5. The first-order chi connectivity index (χ1) is 6.96.